The highest BCUT2D eigenvalue weighted by atomic mass is 16.2. The first-order chi connectivity index (χ1) is 13.9. The van der Waals surface area contributed by atoms with Crippen LogP contribution in [0.5, 0.6) is 0 Å². The van der Waals surface area contributed by atoms with Crippen molar-refractivity contribution in [3.8, 4) is 0 Å². The lowest BCUT2D eigenvalue weighted by Gasteiger charge is -2.42. The standard InChI is InChI=1S/C21H28N4O4/c1-2-24-19(28)21(25(20(24)29)15-16-7-4-3-5-8-16)11-13-23(14-12-21)18(27)10-6-9-17(22)26/h3-5,7-8H,2,6,9-15H2,1H3,(H2,22,26). The van der Waals surface area contributed by atoms with Gasteiger partial charge >= 0.3 is 6.03 Å². The van der Waals surface area contributed by atoms with Gasteiger partial charge in [0.05, 0.1) is 0 Å². The molecule has 0 bridgehead atoms. The molecule has 2 aliphatic rings. The van der Waals surface area contributed by atoms with Crippen molar-refractivity contribution in [1.29, 1.82) is 0 Å². The number of nitrogens with two attached hydrogens (primary N) is 1. The first kappa shape index (κ1) is 20.8. The van der Waals surface area contributed by atoms with E-state index in [0.717, 1.165) is 5.56 Å². The molecule has 156 valence electrons. The number of likely N-dealkylation sites (N-methyl/N-ethyl adjacent to an activating group) is 1. The number of rotatable bonds is 7. The number of hydrogen-bond acceptors (Lipinski definition) is 4. The molecule has 8 heteroatoms. The Morgan fingerprint density at radius 1 is 1.07 bits per heavy atom. The minimum atomic E-state index is -0.896. The van der Waals surface area contributed by atoms with Crippen molar-refractivity contribution < 1.29 is 19.2 Å². The Labute approximate surface area is 170 Å². The van der Waals surface area contributed by atoms with Gasteiger partial charge in [-0.25, -0.2) is 4.79 Å². The molecule has 1 spiro atoms. The van der Waals surface area contributed by atoms with E-state index in [0.29, 0.717) is 45.4 Å². The quantitative estimate of drug-likeness (QED) is 0.700. The highest BCUT2D eigenvalue weighted by Gasteiger charge is 2.57. The van der Waals surface area contributed by atoms with Gasteiger partial charge in [0, 0.05) is 39.0 Å². The van der Waals surface area contributed by atoms with E-state index < -0.39 is 11.4 Å². The first-order valence-corrected chi connectivity index (χ1v) is 10.1. The first-order valence-electron chi connectivity index (χ1n) is 10.1. The predicted octanol–water partition coefficient (Wildman–Crippen LogP) is 1.49. The van der Waals surface area contributed by atoms with Gasteiger partial charge in [-0.1, -0.05) is 30.3 Å². The zero-order valence-electron chi connectivity index (χ0n) is 16.8. The fourth-order valence-electron chi connectivity index (χ4n) is 4.23. The number of carbonyl (C=O) groups excluding carboxylic acids is 4. The molecule has 2 saturated heterocycles. The van der Waals surface area contributed by atoms with Gasteiger partial charge in [0.25, 0.3) is 5.91 Å². The second-order valence-electron chi connectivity index (χ2n) is 7.64. The van der Waals surface area contributed by atoms with Gasteiger partial charge in [0.15, 0.2) is 0 Å². The molecule has 0 radical (unpaired) electrons. The lowest BCUT2D eigenvalue weighted by Crippen LogP contribution is -2.57. The molecule has 2 heterocycles. The van der Waals surface area contributed by atoms with Crippen molar-refractivity contribution >= 4 is 23.8 Å². The summed E-state index contributed by atoms with van der Waals surface area (Å²) >= 11 is 0. The van der Waals surface area contributed by atoms with Crippen LogP contribution >= 0.6 is 0 Å². The number of primary amides is 1. The maximum atomic E-state index is 13.2. The second-order valence-corrected chi connectivity index (χ2v) is 7.64. The van der Waals surface area contributed by atoms with Gasteiger partial charge in [-0.2, -0.15) is 0 Å². The number of carbonyl (C=O) groups is 4. The molecular formula is C21H28N4O4. The van der Waals surface area contributed by atoms with Gasteiger partial charge in [0.2, 0.25) is 11.8 Å². The SMILES string of the molecule is CCN1C(=O)N(Cc2ccccc2)C2(CCN(C(=O)CCCC(N)=O)CC2)C1=O. The maximum absolute atomic E-state index is 13.2. The molecule has 1 aromatic carbocycles. The zero-order chi connectivity index (χ0) is 21.0. The molecule has 1 aromatic rings. The molecule has 5 amide bonds. The van der Waals surface area contributed by atoms with Crippen molar-refractivity contribution in [3.05, 3.63) is 35.9 Å². The number of urea groups is 1. The Balaban J connectivity index is 1.72. The van der Waals surface area contributed by atoms with Gasteiger partial charge in [0.1, 0.15) is 5.54 Å². The van der Waals surface area contributed by atoms with Crippen LogP contribution in [0.4, 0.5) is 4.79 Å². The summed E-state index contributed by atoms with van der Waals surface area (Å²) in [6.07, 6.45) is 1.71. The summed E-state index contributed by atoms with van der Waals surface area (Å²) in [6, 6.07) is 9.36. The van der Waals surface area contributed by atoms with Crippen LogP contribution in [0.3, 0.4) is 0 Å². The van der Waals surface area contributed by atoms with Gasteiger partial charge in [-0.15, -0.1) is 0 Å². The number of amides is 5. The Kier molecular flexibility index (Phi) is 6.20. The van der Waals surface area contributed by atoms with Crippen LogP contribution in [0.25, 0.3) is 0 Å². The van der Waals surface area contributed by atoms with Gasteiger partial charge in [-0.3, -0.25) is 19.3 Å². The van der Waals surface area contributed by atoms with Crippen molar-refractivity contribution in [1.82, 2.24) is 14.7 Å². The summed E-state index contributed by atoms with van der Waals surface area (Å²) in [5.41, 5.74) is 5.20. The molecule has 0 aliphatic carbocycles. The van der Waals surface area contributed by atoms with E-state index in [-0.39, 0.29) is 30.7 Å². The third-order valence-corrected chi connectivity index (χ3v) is 5.88. The summed E-state index contributed by atoms with van der Waals surface area (Å²) < 4.78 is 0. The molecule has 2 fully saturated rings. The number of benzene rings is 1. The normalized spacial score (nSPS) is 18.6. The second kappa shape index (κ2) is 8.63. The summed E-state index contributed by atoms with van der Waals surface area (Å²) in [6.45, 7) is 3.33. The fraction of sp³-hybridized carbons (Fsp3) is 0.524. The van der Waals surface area contributed by atoms with Crippen LogP contribution in [-0.4, -0.2) is 63.6 Å². The van der Waals surface area contributed by atoms with Crippen molar-refractivity contribution in [2.75, 3.05) is 19.6 Å². The van der Waals surface area contributed by atoms with E-state index in [1.165, 1.54) is 4.90 Å². The topological polar surface area (TPSA) is 104 Å². The lowest BCUT2D eigenvalue weighted by atomic mass is 9.85. The van der Waals surface area contributed by atoms with Crippen LogP contribution in [0, 0.1) is 0 Å². The van der Waals surface area contributed by atoms with E-state index in [9.17, 15) is 19.2 Å². The molecule has 0 aromatic heterocycles. The Morgan fingerprint density at radius 3 is 2.31 bits per heavy atom. The molecule has 2 N–H and O–H groups in total. The average Bonchev–Trinajstić information content (AvgIpc) is 2.90. The lowest BCUT2D eigenvalue weighted by molar-refractivity contribution is -0.141. The van der Waals surface area contributed by atoms with Gasteiger partial charge < -0.3 is 15.5 Å². The Hall–Kier alpha value is -2.90. The van der Waals surface area contributed by atoms with Crippen LogP contribution < -0.4 is 5.73 Å². The fourth-order valence-corrected chi connectivity index (χ4v) is 4.23. The minimum Gasteiger partial charge on any atom is -0.370 e. The Bertz CT molecular complexity index is 787. The smallest absolute Gasteiger partial charge is 0.327 e. The molecule has 0 unspecified atom stereocenters. The summed E-state index contributed by atoms with van der Waals surface area (Å²) in [7, 11) is 0. The third-order valence-electron chi connectivity index (χ3n) is 5.88. The third kappa shape index (κ3) is 4.11. The molecular weight excluding hydrogens is 372 g/mol. The maximum Gasteiger partial charge on any atom is 0.327 e. The van der Waals surface area contributed by atoms with E-state index >= 15 is 0 Å². The van der Waals surface area contributed by atoms with E-state index in [2.05, 4.69) is 0 Å². The molecule has 0 atom stereocenters. The average molecular weight is 400 g/mol. The van der Waals surface area contributed by atoms with Crippen LogP contribution in [0.2, 0.25) is 0 Å². The molecule has 2 aliphatic heterocycles. The van der Waals surface area contributed by atoms with Crippen molar-refractivity contribution in [2.45, 2.75) is 51.1 Å². The monoisotopic (exact) mass is 400 g/mol. The van der Waals surface area contributed by atoms with E-state index in [4.69, 9.17) is 5.73 Å². The summed E-state index contributed by atoms with van der Waals surface area (Å²) in [4.78, 5) is 54.1. The largest absolute Gasteiger partial charge is 0.370 e. The highest BCUT2D eigenvalue weighted by Crippen LogP contribution is 2.38. The molecule has 0 saturated carbocycles. The molecule has 3 rings (SSSR count). The highest BCUT2D eigenvalue weighted by molar-refractivity contribution is 6.07. The minimum absolute atomic E-state index is 0.0418. The predicted molar refractivity (Wildman–Crippen MR) is 106 cm³/mol. The summed E-state index contributed by atoms with van der Waals surface area (Å²) in [5, 5.41) is 0. The van der Waals surface area contributed by atoms with Crippen molar-refractivity contribution in [3.63, 3.8) is 0 Å². The van der Waals surface area contributed by atoms with Crippen LogP contribution in [-0.2, 0) is 20.9 Å². The zero-order valence-corrected chi connectivity index (χ0v) is 16.8. The number of hydrogen-bond donors (Lipinski definition) is 1. The number of piperidine rings is 1. The molecule has 8 nitrogen and oxygen atoms in total. The van der Waals surface area contributed by atoms with Crippen LogP contribution in [0.1, 0.15) is 44.6 Å². The number of nitrogens with zero attached hydrogens (tertiary/aromatic N) is 3. The Morgan fingerprint density at radius 2 is 1.72 bits per heavy atom. The number of likely N-dealkylation sites (tertiary alicyclic amines) is 1. The van der Waals surface area contributed by atoms with E-state index in [1.54, 1.807) is 16.7 Å². The van der Waals surface area contributed by atoms with E-state index in [1.807, 2.05) is 30.3 Å². The summed E-state index contributed by atoms with van der Waals surface area (Å²) in [5.74, 6) is -0.622. The van der Waals surface area contributed by atoms with Gasteiger partial charge in [-0.05, 0) is 31.7 Å². The van der Waals surface area contributed by atoms with Crippen molar-refractivity contribution in [2.24, 2.45) is 5.73 Å². The molecule has 29 heavy (non-hydrogen) atoms. The number of imide groups is 1. The van der Waals surface area contributed by atoms with Crippen LogP contribution in [0.15, 0.2) is 30.3 Å².